The number of nitrogens with zero attached hydrogens (tertiary/aromatic N) is 1. The summed E-state index contributed by atoms with van der Waals surface area (Å²) >= 11 is 0. The third-order valence-electron chi connectivity index (χ3n) is 13.5. The Labute approximate surface area is 271 Å². The van der Waals surface area contributed by atoms with Crippen molar-refractivity contribution in [3.8, 4) is 0 Å². The van der Waals surface area contributed by atoms with Crippen LogP contribution in [0.25, 0.3) is 0 Å². The highest BCUT2D eigenvalue weighted by atomic mass is 16.6. The van der Waals surface area contributed by atoms with Crippen LogP contribution in [0.15, 0.2) is 0 Å². The smallest absolute Gasteiger partial charge is 0.303 e. The van der Waals surface area contributed by atoms with E-state index in [4.69, 9.17) is 33.2 Å². The van der Waals surface area contributed by atoms with Crippen LogP contribution < -0.4 is 0 Å². The fraction of sp³-hybridized carbons (Fsp3) is 0.882. The van der Waals surface area contributed by atoms with Crippen molar-refractivity contribution in [1.29, 1.82) is 0 Å². The Hall–Kier alpha value is -2.28. The minimum Gasteiger partial charge on any atom is -0.458 e. The normalized spacial score (nSPS) is 49.7. The number of ether oxygens (including phenoxy) is 7. The molecule has 0 radical (unpaired) electrons. The molecule has 6 aliphatic rings. The lowest BCUT2D eigenvalue weighted by Gasteiger charge is -2.71. The molecule has 1 saturated heterocycles. The number of fused-ring (bicyclic) bond motifs is 2. The first-order valence-corrected chi connectivity index (χ1v) is 16.8. The number of esters is 4. The lowest BCUT2D eigenvalue weighted by Crippen LogP contribution is -2.81. The molecule has 1 unspecified atom stereocenters. The molecule has 15 atom stereocenters. The molecule has 12 heteroatoms. The standard InChI is InChI=1S/C34H51NO11/c1-11-31-15-35(12-2)27-24-25(41-9)26(31)33(27,22(40-8)13-16(31)3)21-14-32(45-19(6)38)28(43-17(4)36)23(21)34(24,46-20(7)39)30(29(32)42-10)44-18(5)37/h16,21-30H,11-15H2,1-10H3/t16-,21-,22+,23-,24+,25+,26-,27?,28-,29+,30+,31-,32-,33+,34-/m1/s1. The number of hydrogen-bond donors (Lipinski definition) is 0. The molecule has 0 amide bonds. The van der Waals surface area contributed by atoms with Gasteiger partial charge < -0.3 is 33.2 Å². The summed E-state index contributed by atoms with van der Waals surface area (Å²) in [6.45, 7) is 13.5. The average molecular weight is 650 g/mol. The molecule has 5 saturated carbocycles. The number of carbonyl (C=O) groups is 4. The van der Waals surface area contributed by atoms with Gasteiger partial charge in [-0.1, -0.05) is 20.8 Å². The van der Waals surface area contributed by atoms with E-state index in [-0.39, 0.29) is 41.7 Å². The van der Waals surface area contributed by atoms with Gasteiger partial charge >= 0.3 is 23.9 Å². The molecule has 1 spiro atoms. The molecule has 0 aromatic heterocycles. The minimum atomic E-state index is -1.56. The second-order valence-corrected chi connectivity index (χ2v) is 14.7. The van der Waals surface area contributed by atoms with Gasteiger partial charge in [0.15, 0.2) is 23.4 Å². The second kappa shape index (κ2) is 11.1. The van der Waals surface area contributed by atoms with E-state index in [9.17, 15) is 19.2 Å². The molecular weight excluding hydrogens is 598 g/mol. The van der Waals surface area contributed by atoms with E-state index in [1.165, 1.54) is 34.8 Å². The van der Waals surface area contributed by atoms with Crippen molar-refractivity contribution < 1.29 is 52.3 Å². The van der Waals surface area contributed by atoms with Gasteiger partial charge in [-0.2, -0.15) is 0 Å². The quantitative estimate of drug-likeness (QED) is 0.268. The third-order valence-corrected chi connectivity index (χ3v) is 13.5. The van der Waals surface area contributed by atoms with Crippen LogP contribution in [0.2, 0.25) is 0 Å². The van der Waals surface area contributed by atoms with Gasteiger partial charge in [0.05, 0.1) is 12.2 Å². The third kappa shape index (κ3) is 3.81. The van der Waals surface area contributed by atoms with E-state index in [0.29, 0.717) is 0 Å². The Balaban J connectivity index is 1.78. The van der Waals surface area contributed by atoms with E-state index < -0.39 is 76.7 Å². The van der Waals surface area contributed by atoms with E-state index in [1.807, 2.05) is 0 Å². The highest BCUT2D eigenvalue weighted by molar-refractivity contribution is 5.71. The van der Waals surface area contributed by atoms with Gasteiger partial charge in [-0.25, -0.2) is 0 Å². The number of methoxy groups -OCH3 is 3. The van der Waals surface area contributed by atoms with Gasteiger partial charge in [-0.05, 0) is 43.1 Å². The van der Waals surface area contributed by atoms with Crippen LogP contribution in [0.3, 0.4) is 0 Å². The molecule has 6 fully saturated rings. The summed E-state index contributed by atoms with van der Waals surface area (Å²) in [6, 6.07) is -0.218. The summed E-state index contributed by atoms with van der Waals surface area (Å²) < 4.78 is 44.8. The SMILES string of the molecule is CCN1C[C@]2(CC)[C@H](C)C[C@H](OC)[C@]34C1[C@H]([C@H](OC)[C@H]23)[C@]1(OC(C)=O)[C@H]2[C@@H](OC(C)=O)[C@](OC(C)=O)(C[C@H]24)[C@@H](OC)[C@@H]1OC(C)=O. The van der Waals surface area contributed by atoms with Gasteiger partial charge in [0, 0.05) is 84.8 Å². The highest BCUT2D eigenvalue weighted by Crippen LogP contribution is 2.82. The van der Waals surface area contributed by atoms with E-state index in [1.54, 1.807) is 14.2 Å². The molecule has 12 nitrogen and oxygen atoms in total. The summed E-state index contributed by atoms with van der Waals surface area (Å²) in [6.07, 6.45) is -2.12. The first-order chi connectivity index (χ1) is 21.7. The largest absolute Gasteiger partial charge is 0.458 e. The second-order valence-electron chi connectivity index (χ2n) is 14.7. The van der Waals surface area contributed by atoms with Gasteiger partial charge in [0.1, 0.15) is 6.10 Å². The Morgan fingerprint density at radius 2 is 1.41 bits per heavy atom. The average Bonchev–Trinajstić information content (AvgIpc) is 3.35. The number of piperidine rings is 1. The molecule has 1 heterocycles. The van der Waals surface area contributed by atoms with Crippen LogP contribution in [-0.4, -0.2) is 111 Å². The maximum absolute atomic E-state index is 13.5. The van der Waals surface area contributed by atoms with Crippen molar-refractivity contribution in [1.82, 2.24) is 4.90 Å². The van der Waals surface area contributed by atoms with Crippen LogP contribution in [0.1, 0.15) is 67.7 Å². The Bertz CT molecular complexity index is 1290. The molecule has 258 valence electrons. The van der Waals surface area contributed by atoms with Crippen molar-refractivity contribution in [3.05, 3.63) is 0 Å². The molecule has 0 aromatic carbocycles. The summed E-state index contributed by atoms with van der Waals surface area (Å²) in [5, 5.41) is 0. The first kappa shape index (κ1) is 33.6. The predicted octanol–water partition coefficient (Wildman–Crippen LogP) is 2.53. The zero-order valence-electron chi connectivity index (χ0n) is 28.8. The van der Waals surface area contributed by atoms with Gasteiger partial charge in [0.2, 0.25) is 0 Å². The summed E-state index contributed by atoms with van der Waals surface area (Å²) in [4.78, 5) is 55.0. The molecular formula is C34H51NO11. The summed E-state index contributed by atoms with van der Waals surface area (Å²) in [5.41, 5.74) is -3.85. The zero-order chi connectivity index (χ0) is 33.7. The van der Waals surface area contributed by atoms with Crippen LogP contribution >= 0.6 is 0 Å². The van der Waals surface area contributed by atoms with Crippen molar-refractivity contribution in [2.24, 2.45) is 40.4 Å². The predicted molar refractivity (Wildman–Crippen MR) is 161 cm³/mol. The Morgan fingerprint density at radius 3 is 1.91 bits per heavy atom. The van der Waals surface area contributed by atoms with E-state index in [0.717, 1.165) is 25.9 Å². The van der Waals surface area contributed by atoms with Gasteiger partial charge in [-0.3, -0.25) is 24.1 Å². The number of rotatable bonds is 9. The van der Waals surface area contributed by atoms with Crippen LogP contribution in [0.4, 0.5) is 0 Å². The zero-order valence-corrected chi connectivity index (χ0v) is 28.8. The van der Waals surface area contributed by atoms with Crippen molar-refractivity contribution >= 4 is 23.9 Å². The van der Waals surface area contributed by atoms with Gasteiger partial charge in [-0.15, -0.1) is 0 Å². The lowest BCUT2D eigenvalue weighted by molar-refractivity contribution is -0.323. The van der Waals surface area contributed by atoms with E-state index >= 15 is 0 Å². The molecule has 1 aliphatic heterocycles. The number of hydrogen-bond acceptors (Lipinski definition) is 12. The van der Waals surface area contributed by atoms with Gasteiger partial charge in [0.25, 0.3) is 0 Å². The van der Waals surface area contributed by atoms with Crippen LogP contribution in [-0.2, 0) is 52.3 Å². The number of likely N-dealkylation sites (tertiary alicyclic amines) is 1. The van der Waals surface area contributed by atoms with E-state index in [2.05, 4.69) is 25.7 Å². The van der Waals surface area contributed by atoms with Crippen molar-refractivity contribution in [2.45, 2.75) is 115 Å². The lowest BCUT2D eigenvalue weighted by atomic mass is 9.40. The molecule has 0 aromatic rings. The summed E-state index contributed by atoms with van der Waals surface area (Å²) in [7, 11) is 4.91. The first-order valence-electron chi connectivity index (χ1n) is 16.8. The van der Waals surface area contributed by atoms with Crippen LogP contribution in [0, 0.1) is 40.4 Å². The fourth-order valence-electron chi connectivity index (χ4n) is 12.9. The molecule has 7 bridgehead atoms. The van der Waals surface area contributed by atoms with Crippen molar-refractivity contribution in [2.75, 3.05) is 34.4 Å². The molecule has 0 N–H and O–H groups in total. The summed E-state index contributed by atoms with van der Waals surface area (Å²) in [5.74, 6) is -3.73. The maximum atomic E-state index is 13.5. The topological polar surface area (TPSA) is 136 Å². The Kier molecular flexibility index (Phi) is 8.14. The Morgan fingerprint density at radius 1 is 0.783 bits per heavy atom. The maximum Gasteiger partial charge on any atom is 0.303 e. The molecule has 5 aliphatic carbocycles. The fourth-order valence-corrected chi connectivity index (χ4v) is 12.9. The molecule has 6 rings (SSSR count). The van der Waals surface area contributed by atoms with Crippen molar-refractivity contribution in [3.63, 3.8) is 0 Å². The number of carbonyl (C=O) groups excluding carboxylic acids is 4. The highest BCUT2D eigenvalue weighted by Gasteiger charge is 2.93. The minimum absolute atomic E-state index is 0.0467. The monoisotopic (exact) mass is 649 g/mol. The molecule has 46 heavy (non-hydrogen) atoms. The van der Waals surface area contributed by atoms with Crippen LogP contribution in [0.5, 0.6) is 0 Å².